The molecule has 1 fully saturated rings. The van der Waals surface area contributed by atoms with Gasteiger partial charge in [-0.25, -0.2) is 0 Å². The molecule has 4 heteroatoms. The van der Waals surface area contributed by atoms with E-state index in [2.05, 4.69) is 34.6 Å². The third kappa shape index (κ3) is 5.48. The fourth-order valence-corrected chi connectivity index (χ4v) is 2.88. The van der Waals surface area contributed by atoms with Crippen LogP contribution in [-0.4, -0.2) is 49.6 Å². The van der Waals surface area contributed by atoms with E-state index in [-0.39, 0.29) is 5.91 Å². The predicted octanol–water partition coefficient (Wildman–Crippen LogP) is 1.42. The van der Waals surface area contributed by atoms with Gasteiger partial charge >= 0.3 is 0 Å². The maximum Gasteiger partial charge on any atom is 0.234 e. The number of rotatable bonds is 7. The van der Waals surface area contributed by atoms with Gasteiger partial charge in [0.1, 0.15) is 0 Å². The summed E-state index contributed by atoms with van der Waals surface area (Å²) >= 11 is 0. The number of nitrogens with one attached hydrogen (secondary N) is 2. The van der Waals surface area contributed by atoms with Gasteiger partial charge in [-0.15, -0.1) is 0 Å². The van der Waals surface area contributed by atoms with Crippen molar-refractivity contribution in [2.24, 2.45) is 0 Å². The lowest BCUT2D eigenvalue weighted by Crippen LogP contribution is -2.49. The van der Waals surface area contributed by atoms with Crippen LogP contribution in [0.4, 0.5) is 0 Å². The highest BCUT2D eigenvalue weighted by Crippen LogP contribution is 2.09. The summed E-state index contributed by atoms with van der Waals surface area (Å²) in [6.07, 6.45) is 3.29. The van der Waals surface area contributed by atoms with E-state index in [4.69, 9.17) is 0 Å². The number of piperidine rings is 1. The van der Waals surface area contributed by atoms with Gasteiger partial charge in [0.2, 0.25) is 5.91 Å². The molecule has 1 aromatic rings. The van der Waals surface area contributed by atoms with E-state index in [1.165, 1.54) is 18.4 Å². The van der Waals surface area contributed by atoms with E-state index in [1.54, 1.807) is 0 Å². The lowest BCUT2D eigenvalue weighted by molar-refractivity contribution is -0.122. The SMILES string of the molecule is CCN(CC(=O)NCCc1ccccc1)C1CCCNC1. The van der Waals surface area contributed by atoms with Crippen LogP contribution in [0.1, 0.15) is 25.3 Å². The highest BCUT2D eigenvalue weighted by atomic mass is 16.2. The van der Waals surface area contributed by atoms with Crippen LogP contribution < -0.4 is 10.6 Å². The Kier molecular flexibility index (Phi) is 6.70. The monoisotopic (exact) mass is 289 g/mol. The van der Waals surface area contributed by atoms with Crippen molar-refractivity contribution in [1.29, 1.82) is 0 Å². The lowest BCUT2D eigenvalue weighted by atomic mass is 10.1. The number of hydrogen-bond acceptors (Lipinski definition) is 3. The third-order valence-electron chi connectivity index (χ3n) is 4.12. The standard InChI is InChI=1S/C17H27N3O/c1-2-20(16-9-6-11-18-13-16)14-17(21)19-12-10-15-7-4-3-5-8-15/h3-5,7-8,16,18H,2,6,9-14H2,1H3,(H,19,21). The largest absolute Gasteiger partial charge is 0.355 e. The summed E-state index contributed by atoms with van der Waals surface area (Å²) in [5, 5.41) is 6.45. The molecule has 116 valence electrons. The van der Waals surface area contributed by atoms with E-state index in [1.807, 2.05) is 18.2 Å². The molecule has 2 rings (SSSR count). The molecule has 2 N–H and O–H groups in total. The molecule has 0 radical (unpaired) electrons. The second-order valence-electron chi connectivity index (χ2n) is 5.65. The van der Waals surface area contributed by atoms with Crippen molar-refractivity contribution in [2.45, 2.75) is 32.2 Å². The normalized spacial score (nSPS) is 18.7. The van der Waals surface area contributed by atoms with Crippen molar-refractivity contribution in [1.82, 2.24) is 15.5 Å². The van der Waals surface area contributed by atoms with E-state index in [0.29, 0.717) is 19.1 Å². The van der Waals surface area contributed by atoms with Gasteiger partial charge in [0.15, 0.2) is 0 Å². The Labute approximate surface area is 127 Å². The molecule has 0 spiro atoms. The minimum absolute atomic E-state index is 0.137. The predicted molar refractivity (Wildman–Crippen MR) is 86.3 cm³/mol. The Morgan fingerprint density at radius 2 is 2.19 bits per heavy atom. The minimum atomic E-state index is 0.137. The number of likely N-dealkylation sites (N-methyl/N-ethyl adjacent to an activating group) is 1. The molecular formula is C17H27N3O. The molecule has 1 aliphatic rings. The molecule has 0 aromatic heterocycles. The summed E-state index contributed by atoms with van der Waals surface area (Å²) in [6, 6.07) is 10.8. The minimum Gasteiger partial charge on any atom is -0.355 e. The number of amides is 1. The summed E-state index contributed by atoms with van der Waals surface area (Å²) < 4.78 is 0. The first kappa shape index (κ1) is 16.0. The van der Waals surface area contributed by atoms with E-state index in [9.17, 15) is 4.79 Å². The van der Waals surface area contributed by atoms with Gasteiger partial charge < -0.3 is 10.6 Å². The second-order valence-corrected chi connectivity index (χ2v) is 5.65. The topological polar surface area (TPSA) is 44.4 Å². The first-order valence-electron chi connectivity index (χ1n) is 8.05. The summed E-state index contributed by atoms with van der Waals surface area (Å²) in [4.78, 5) is 14.4. The molecule has 0 bridgehead atoms. The average Bonchev–Trinajstić information content (AvgIpc) is 2.54. The van der Waals surface area contributed by atoms with Crippen molar-refractivity contribution < 1.29 is 4.79 Å². The van der Waals surface area contributed by atoms with Crippen molar-refractivity contribution >= 4 is 5.91 Å². The first-order chi connectivity index (χ1) is 10.3. The van der Waals surface area contributed by atoms with Crippen LogP contribution in [0.2, 0.25) is 0 Å². The molecule has 1 aliphatic heterocycles. The molecule has 0 saturated carbocycles. The smallest absolute Gasteiger partial charge is 0.234 e. The Morgan fingerprint density at radius 1 is 1.38 bits per heavy atom. The summed E-state index contributed by atoms with van der Waals surface area (Å²) in [5.74, 6) is 0.137. The molecule has 1 atom stereocenters. The van der Waals surface area contributed by atoms with Crippen molar-refractivity contribution in [3.8, 4) is 0 Å². The van der Waals surface area contributed by atoms with Crippen LogP contribution in [0.3, 0.4) is 0 Å². The van der Waals surface area contributed by atoms with E-state index < -0.39 is 0 Å². The van der Waals surface area contributed by atoms with Crippen molar-refractivity contribution in [2.75, 3.05) is 32.7 Å². The third-order valence-corrected chi connectivity index (χ3v) is 4.12. The molecule has 1 heterocycles. The zero-order valence-corrected chi connectivity index (χ0v) is 13.0. The Hall–Kier alpha value is -1.39. The maximum atomic E-state index is 12.1. The molecule has 1 saturated heterocycles. The first-order valence-corrected chi connectivity index (χ1v) is 8.05. The molecule has 21 heavy (non-hydrogen) atoms. The van der Waals surface area contributed by atoms with Gasteiger partial charge in [-0.1, -0.05) is 37.3 Å². The quantitative estimate of drug-likeness (QED) is 0.798. The fourth-order valence-electron chi connectivity index (χ4n) is 2.88. The van der Waals surface area contributed by atoms with E-state index >= 15 is 0 Å². The van der Waals surface area contributed by atoms with Crippen molar-refractivity contribution in [3.63, 3.8) is 0 Å². The number of carbonyl (C=O) groups excluding carboxylic acids is 1. The van der Waals surface area contributed by atoms with Gasteiger partial charge in [0.05, 0.1) is 6.54 Å². The van der Waals surface area contributed by atoms with Crippen LogP contribution in [0, 0.1) is 0 Å². The fraction of sp³-hybridized carbons (Fsp3) is 0.588. The molecule has 4 nitrogen and oxygen atoms in total. The number of benzene rings is 1. The van der Waals surface area contributed by atoms with Crippen LogP contribution >= 0.6 is 0 Å². The number of hydrogen-bond donors (Lipinski definition) is 2. The molecular weight excluding hydrogens is 262 g/mol. The van der Waals surface area contributed by atoms with Crippen LogP contribution in [0.5, 0.6) is 0 Å². The van der Waals surface area contributed by atoms with Gasteiger partial charge in [-0.2, -0.15) is 0 Å². The molecule has 1 unspecified atom stereocenters. The maximum absolute atomic E-state index is 12.1. The lowest BCUT2D eigenvalue weighted by Gasteiger charge is -2.33. The Morgan fingerprint density at radius 3 is 2.86 bits per heavy atom. The number of carbonyl (C=O) groups is 1. The Balaban J connectivity index is 1.70. The van der Waals surface area contributed by atoms with E-state index in [0.717, 1.165) is 26.1 Å². The van der Waals surface area contributed by atoms with Crippen LogP contribution in [0.15, 0.2) is 30.3 Å². The van der Waals surface area contributed by atoms with Crippen LogP contribution in [0.25, 0.3) is 0 Å². The summed E-state index contributed by atoms with van der Waals surface area (Å²) in [7, 11) is 0. The zero-order chi connectivity index (χ0) is 14.9. The average molecular weight is 289 g/mol. The van der Waals surface area contributed by atoms with Gasteiger partial charge in [-0.3, -0.25) is 9.69 Å². The summed E-state index contributed by atoms with van der Waals surface area (Å²) in [5.41, 5.74) is 1.27. The molecule has 1 amide bonds. The van der Waals surface area contributed by atoms with Gasteiger partial charge in [-0.05, 0) is 37.9 Å². The van der Waals surface area contributed by atoms with Crippen LogP contribution in [-0.2, 0) is 11.2 Å². The Bertz CT molecular complexity index is 415. The highest BCUT2D eigenvalue weighted by Gasteiger charge is 2.21. The van der Waals surface area contributed by atoms with Gasteiger partial charge in [0, 0.05) is 19.1 Å². The second kappa shape index (κ2) is 8.80. The number of nitrogens with zero attached hydrogens (tertiary/aromatic N) is 1. The van der Waals surface area contributed by atoms with Crippen molar-refractivity contribution in [3.05, 3.63) is 35.9 Å². The van der Waals surface area contributed by atoms with Gasteiger partial charge in [0.25, 0.3) is 0 Å². The zero-order valence-electron chi connectivity index (χ0n) is 13.0. The highest BCUT2D eigenvalue weighted by molar-refractivity contribution is 5.78. The molecule has 0 aliphatic carbocycles. The summed E-state index contributed by atoms with van der Waals surface area (Å²) in [6.45, 7) is 6.40. The molecule has 1 aromatic carbocycles.